The van der Waals surface area contributed by atoms with Gasteiger partial charge in [-0.3, -0.25) is 4.90 Å². The van der Waals surface area contributed by atoms with Gasteiger partial charge in [-0.25, -0.2) is 9.59 Å². The van der Waals surface area contributed by atoms with Crippen molar-refractivity contribution < 1.29 is 19.4 Å². The van der Waals surface area contributed by atoms with Gasteiger partial charge in [0.1, 0.15) is 17.6 Å². The SMILES string of the molecule is CC(C(=O)O)N(C(=O)OCC1c2ccccc2-c2ccccc21)c1cccs1. The van der Waals surface area contributed by atoms with Crippen LogP contribution in [0.5, 0.6) is 0 Å². The highest BCUT2D eigenvalue weighted by molar-refractivity contribution is 7.14. The zero-order chi connectivity index (χ0) is 19.7. The first-order chi connectivity index (χ1) is 13.6. The number of carboxylic acid groups (broad SMARTS) is 1. The van der Waals surface area contributed by atoms with Gasteiger partial charge in [0.15, 0.2) is 0 Å². The number of rotatable bonds is 5. The van der Waals surface area contributed by atoms with E-state index in [9.17, 15) is 14.7 Å². The third-order valence-electron chi connectivity index (χ3n) is 5.02. The lowest BCUT2D eigenvalue weighted by atomic mass is 9.98. The van der Waals surface area contributed by atoms with Crippen LogP contribution in [0.3, 0.4) is 0 Å². The number of ether oxygens (including phenoxy) is 1. The van der Waals surface area contributed by atoms with Crippen LogP contribution in [0.1, 0.15) is 24.0 Å². The molecule has 5 nitrogen and oxygen atoms in total. The molecular formula is C22H19NO4S. The van der Waals surface area contributed by atoms with Crippen LogP contribution in [0.2, 0.25) is 0 Å². The molecule has 142 valence electrons. The third kappa shape index (κ3) is 3.16. The molecule has 1 aliphatic carbocycles. The second kappa shape index (κ2) is 7.48. The highest BCUT2D eigenvalue weighted by atomic mass is 32.1. The van der Waals surface area contributed by atoms with Gasteiger partial charge in [-0.05, 0) is 46.7 Å². The van der Waals surface area contributed by atoms with Gasteiger partial charge in [-0.15, -0.1) is 11.3 Å². The normalized spacial score (nSPS) is 13.5. The van der Waals surface area contributed by atoms with Gasteiger partial charge >= 0.3 is 12.1 Å². The topological polar surface area (TPSA) is 66.8 Å². The summed E-state index contributed by atoms with van der Waals surface area (Å²) in [5, 5.41) is 11.7. The van der Waals surface area contributed by atoms with E-state index in [1.54, 1.807) is 17.5 Å². The number of carbonyl (C=O) groups excluding carboxylic acids is 1. The first kappa shape index (κ1) is 18.3. The predicted molar refractivity (Wildman–Crippen MR) is 109 cm³/mol. The third-order valence-corrected chi connectivity index (χ3v) is 5.89. The fraction of sp³-hybridized carbons (Fsp3) is 0.182. The summed E-state index contributed by atoms with van der Waals surface area (Å²) in [6.07, 6.45) is -0.654. The number of hydrogen-bond acceptors (Lipinski definition) is 4. The molecule has 0 saturated carbocycles. The van der Waals surface area contributed by atoms with Crippen molar-refractivity contribution in [3.8, 4) is 11.1 Å². The Kier molecular flexibility index (Phi) is 4.88. The van der Waals surface area contributed by atoms with Gasteiger partial charge < -0.3 is 9.84 Å². The Balaban J connectivity index is 1.58. The van der Waals surface area contributed by atoms with Gasteiger partial charge in [0.2, 0.25) is 0 Å². The minimum atomic E-state index is -1.08. The minimum absolute atomic E-state index is 0.0679. The fourth-order valence-electron chi connectivity index (χ4n) is 3.62. The summed E-state index contributed by atoms with van der Waals surface area (Å²) >= 11 is 1.30. The standard InChI is InChI=1S/C22H19NO4S/c1-14(21(24)25)23(20-11-6-12-28-20)22(26)27-13-19-17-9-4-2-7-15(17)16-8-3-5-10-18(16)19/h2-12,14,19H,13H2,1H3,(H,24,25). The lowest BCUT2D eigenvalue weighted by Crippen LogP contribution is -2.43. The van der Waals surface area contributed by atoms with Gasteiger partial charge in [-0.1, -0.05) is 48.5 Å². The highest BCUT2D eigenvalue weighted by Crippen LogP contribution is 2.44. The van der Waals surface area contributed by atoms with Gasteiger partial charge in [0.05, 0.1) is 0 Å². The molecule has 0 aliphatic heterocycles. The van der Waals surface area contributed by atoms with E-state index in [4.69, 9.17) is 4.74 Å². The van der Waals surface area contributed by atoms with Crippen molar-refractivity contribution in [3.05, 3.63) is 77.2 Å². The second-order valence-corrected chi connectivity index (χ2v) is 7.57. The van der Waals surface area contributed by atoms with Gasteiger partial charge in [0.25, 0.3) is 0 Å². The number of nitrogens with zero attached hydrogens (tertiary/aromatic N) is 1. The first-order valence-corrected chi connectivity index (χ1v) is 9.86. The van der Waals surface area contributed by atoms with Crippen molar-refractivity contribution in [2.45, 2.75) is 18.9 Å². The molecule has 0 spiro atoms. The van der Waals surface area contributed by atoms with E-state index in [0.717, 1.165) is 22.3 Å². The molecule has 3 aromatic rings. The molecule has 1 amide bonds. The maximum atomic E-state index is 12.8. The number of amides is 1. The van der Waals surface area contributed by atoms with E-state index in [1.165, 1.54) is 23.2 Å². The van der Waals surface area contributed by atoms with Crippen LogP contribution in [-0.2, 0) is 9.53 Å². The summed E-state index contributed by atoms with van der Waals surface area (Å²) in [5.74, 6) is -1.15. The van der Waals surface area contributed by atoms with Crippen LogP contribution in [-0.4, -0.2) is 29.8 Å². The van der Waals surface area contributed by atoms with E-state index in [2.05, 4.69) is 12.1 Å². The number of benzene rings is 2. The summed E-state index contributed by atoms with van der Waals surface area (Å²) in [4.78, 5) is 25.5. The summed E-state index contributed by atoms with van der Waals surface area (Å²) in [7, 11) is 0. The van der Waals surface area contributed by atoms with Gasteiger partial charge in [0, 0.05) is 5.92 Å². The Hall–Kier alpha value is -3.12. The molecule has 0 saturated heterocycles. The monoisotopic (exact) mass is 393 g/mol. The highest BCUT2D eigenvalue weighted by Gasteiger charge is 2.32. The van der Waals surface area contributed by atoms with Crippen molar-refractivity contribution in [2.24, 2.45) is 0 Å². The maximum Gasteiger partial charge on any atom is 0.415 e. The van der Waals surface area contributed by atoms with Crippen molar-refractivity contribution >= 4 is 28.4 Å². The molecule has 0 radical (unpaired) electrons. The maximum absolute atomic E-state index is 12.8. The summed E-state index contributed by atoms with van der Waals surface area (Å²) < 4.78 is 5.63. The number of carbonyl (C=O) groups is 2. The Morgan fingerprint density at radius 1 is 1.04 bits per heavy atom. The second-order valence-electron chi connectivity index (χ2n) is 6.64. The Morgan fingerprint density at radius 2 is 1.64 bits per heavy atom. The van der Waals surface area contributed by atoms with Crippen molar-refractivity contribution in [1.82, 2.24) is 0 Å². The lowest BCUT2D eigenvalue weighted by molar-refractivity contribution is -0.138. The summed E-state index contributed by atoms with van der Waals surface area (Å²) in [6, 6.07) is 18.6. The average Bonchev–Trinajstić information content (AvgIpc) is 3.33. The quantitative estimate of drug-likeness (QED) is 0.664. The summed E-state index contributed by atoms with van der Waals surface area (Å²) in [5.41, 5.74) is 4.53. The van der Waals surface area contributed by atoms with Crippen molar-refractivity contribution in [2.75, 3.05) is 11.5 Å². The molecular weight excluding hydrogens is 374 g/mol. The number of aliphatic carboxylic acids is 1. The van der Waals surface area contributed by atoms with E-state index >= 15 is 0 Å². The molecule has 1 aromatic heterocycles. The number of anilines is 1. The fourth-order valence-corrected chi connectivity index (χ4v) is 4.42. The summed E-state index contributed by atoms with van der Waals surface area (Å²) in [6.45, 7) is 1.63. The number of thiophene rings is 1. The van der Waals surface area contributed by atoms with Crippen molar-refractivity contribution in [1.29, 1.82) is 0 Å². The molecule has 0 fully saturated rings. The largest absolute Gasteiger partial charge is 0.480 e. The number of carboxylic acids is 1. The van der Waals surface area contributed by atoms with E-state index in [0.29, 0.717) is 5.00 Å². The first-order valence-electron chi connectivity index (χ1n) is 8.98. The molecule has 0 bridgehead atoms. The molecule has 1 aliphatic rings. The van der Waals surface area contributed by atoms with Crippen LogP contribution < -0.4 is 4.90 Å². The molecule has 6 heteroatoms. The predicted octanol–water partition coefficient (Wildman–Crippen LogP) is 4.98. The van der Waals surface area contributed by atoms with Crippen LogP contribution >= 0.6 is 11.3 Å². The minimum Gasteiger partial charge on any atom is -0.480 e. The molecule has 1 N–H and O–H groups in total. The molecule has 1 heterocycles. The van der Waals surface area contributed by atoms with Crippen molar-refractivity contribution in [3.63, 3.8) is 0 Å². The Labute approximate surface area is 166 Å². The van der Waals surface area contributed by atoms with Crippen LogP contribution in [0.25, 0.3) is 11.1 Å². The van der Waals surface area contributed by atoms with Crippen LogP contribution in [0, 0.1) is 0 Å². The van der Waals surface area contributed by atoms with Gasteiger partial charge in [-0.2, -0.15) is 0 Å². The average molecular weight is 393 g/mol. The van der Waals surface area contributed by atoms with Crippen LogP contribution in [0.4, 0.5) is 9.80 Å². The molecule has 1 atom stereocenters. The smallest absolute Gasteiger partial charge is 0.415 e. The Morgan fingerprint density at radius 3 is 2.18 bits per heavy atom. The van der Waals surface area contributed by atoms with Crippen LogP contribution in [0.15, 0.2) is 66.0 Å². The number of fused-ring (bicyclic) bond motifs is 3. The van der Waals surface area contributed by atoms with E-state index in [1.807, 2.05) is 36.4 Å². The van der Waals surface area contributed by atoms with E-state index < -0.39 is 18.1 Å². The molecule has 28 heavy (non-hydrogen) atoms. The number of hydrogen-bond donors (Lipinski definition) is 1. The van der Waals surface area contributed by atoms with E-state index in [-0.39, 0.29) is 12.5 Å². The molecule has 1 unspecified atom stereocenters. The zero-order valence-electron chi connectivity index (χ0n) is 15.2. The molecule has 2 aromatic carbocycles. The zero-order valence-corrected chi connectivity index (χ0v) is 16.1. The lowest BCUT2D eigenvalue weighted by Gasteiger charge is -2.25. The molecule has 4 rings (SSSR count). The Bertz CT molecular complexity index is 969.